The lowest BCUT2D eigenvalue weighted by atomic mass is 9.82. The fourth-order valence-corrected chi connectivity index (χ4v) is 2.91. The summed E-state index contributed by atoms with van der Waals surface area (Å²) in [6, 6.07) is 0. The number of nitrogens with zero attached hydrogens (tertiary/aromatic N) is 2. The van der Waals surface area contributed by atoms with Crippen LogP contribution in [0.5, 0.6) is 0 Å². The first-order valence-corrected chi connectivity index (χ1v) is 7.61. The minimum absolute atomic E-state index is 0.165. The van der Waals surface area contributed by atoms with Gasteiger partial charge in [-0.25, -0.2) is 4.79 Å². The van der Waals surface area contributed by atoms with E-state index in [9.17, 15) is 19.5 Å². The van der Waals surface area contributed by atoms with Gasteiger partial charge in [0.1, 0.15) is 0 Å². The predicted molar refractivity (Wildman–Crippen MR) is 75.5 cm³/mol. The Balaban J connectivity index is 1.93. The van der Waals surface area contributed by atoms with E-state index in [1.54, 1.807) is 22.8 Å². The van der Waals surface area contributed by atoms with Gasteiger partial charge in [-0.1, -0.05) is 12.2 Å². The minimum atomic E-state index is -1.17. The molecular formula is C15H21N2O5-. The summed E-state index contributed by atoms with van der Waals surface area (Å²) in [5.74, 6) is -2.67. The summed E-state index contributed by atoms with van der Waals surface area (Å²) in [5, 5.41) is 11.2. The summed E-state index contributed by atoms with van der Waals surface area (Å²) < 4.78 is 4.93. The van der Waals surface area contributed by atoms with Gasteiger partial charge in [-0.05, 0) is 19.8 Å². The average molecular weight is 309 g/mol. The molecule has 0 spiro atoms. The SMILES string of the molecule is CCOC(=O)N1CCN(C(=O)[C@H]2CC=CC[C@@H]2C(=O)[O-])CC1. The van der Waals surface area contributed by atoms with Gasteiger partial charge < -0.3 is 24.4 Å². The second kappa shape index (κ2) is 7.29. The van der Waals surface area contributed by atoms with Crippen molar-refractivity contribution in [2.75, 3.05) is 32.8 Å². The van der Waals surface area contributed by atoms with Crippen molar-refractivity contribution in [3.05, 3.63) is 12.2 Å². The van der Waals surface area contributed by atoms with E-state index in [0.29, 0.717) is 45.6 Å². The third kappa shape index (κ3) is 3.58. The van der Waals surface area contributed by atoms with Crippen molar-refractivity contribution < 1.29 is 24.2 Å². The second-order valence-electron chi connectivity index (χ2n) is 5.49. The van der Waals surface area contributed by atoms with E-state index < -0.39 is 17.8 Å². The Kier molecular flexibility index (Phi) is 5.41. The van der Waals surface area contributed by atoms with E-state index in [1.807, 2.05) is 6.08 Å². The molecule has 0 saturated carbocycles. The Morgan fingerprint density at radius 1 is 1.05 bits per heavy atom. The molecule has 1 heterocycles. The molecule has 0 aromatic heterocycles. The van der Waals surface area contributed by atoms with Crippen LogP contribution in [-0.4, -0.2) is 60.6 Å². The maximum Gasteiger partial charge on any atom is 0.409 e. The first kappa shape index (κ1) is 16.3. The third-order valence-corrected chi connectivity index (χ3v) is 4.17. The number of allylic oxidation sites excluding steroid dienone is 2. The molecule has 2 amide bonds. The van der Waals surface area contributed by atoms with Gasteiger partial charge in [-0.2, -0.15) is 0 Å². The van der Waals surface area contributed by atoms with Crippen molar-refractivity contribution in [2.24, 2.45) is 11.8 Å². The van der Waals surface area contributed by atoms with Gasteiger partial charge in [0.05, 0.1) is 6.61 Å². The van der Waals surface area contributed by atoms with Crippen LogP contribution in [0.25, 0.3) is 0 Å². The molecule has 1 aliphatic heterocycles. The topological polar surface area (TPSA) is 90.0 Å². The Morgan fingerprint density at radius 3 is 2.14 bits per heavy atom. The van der Waals surface area contributed by atoms with E-state index in [4.69, 9.17) is 4.74 Å². The normalized spacial score (nSPS) is 25.0. The fourth-order valence-electron chi connectivity index (χ4n) is 2.91. The number of amides is 2. The highest BCUT2D eigenvalue weighted by Gasteiger charge is 2.34. The van der Waals surface area contributed by atoms with Crippen LogP contribution in [-0.2, 0) is 14.3 Å². The van der Waals surface area contributed by atoms with Gasteiger partial charge in [-0.3, -0.25) is 4.79 Å². The lowest BCUT2D eigenvalue weighted by Gasteiger charge is -2.38. The standard InChI is InChI=1S/C15H22N2O5/c1-2-22-15(21)17-9-7-16(8-10-17)13(18)11-5-3-4-6-12(11)14(19)20/h3-4,11-12H,2,5-10H2,1H3,(H,19,20)/p-1/t11-,12-/m0/s1. The zero-order valence-corrected chi connectivity index (χ0v) is 12.7. The zero-order chi connectivity index (χ0) is 16.1. The Labute approximate surface area is 129 Å². The molecule has 7 nitrogen and oxygen atoms in total. The molecule has 0 aromatic rings. The molecule has 22 heavy (non-hydrogen) atoms. The summed E-state index contributed by atoms with van der Waals surface area (Å²) in [6.45, 7) is 3.68. The van der Waals surface area contributed by atoms with Gasteiger partial charge in [0.2, 0.25) is 5.91 Å². The molecule has 7 heteroatoms. The van der Waals surface area contributed by atoms with Crippen LogP contribution in [0.1, 0.15) is 19.8 Å². The zero-order valence-electron chi connectivity index (χ0n) is 12.7. The number of aliphatic carboxylic acids is 1. The fraction of sp³-hybridized carbons (Fsp3) is 0.667. The van der Waals surface area contributed by atoms with Crippen molar-refractivity contribution in [2.45, 2.75) is 19.8 Å². The molecule has 1 aliphatic carbocycles. The van der Waals surface area contributed by atoms with Crippen molar-refractivity contribution in [1.29, 1.82) is 0 Å². The van der Waals surface area contributed by atoms with Crippen molar-refractivity contribution in [3.63, 3.8) is 0 Å². The number of hydrogen-bond donors (Lipinski definition) is 0. The number of rotatable bonds is 3. The summed E-state index contributed by atoms with van der Waals surface area (Å²) in [4.78, 5) is 38.5. The number of carboxylic acids is 1. The van der Waals surface area contributed by atoms with Gasteiger partial charge in [0, 0.05) is 44.0 Å². The van der Waals surface area contributed by atoms with Gasteiger partial charge in [0.25, 0.3) is 0 Å². The summed E-state index contributed by atoms with van der Waals surface area (Å²) in [6.07, 6.45) is 4.01. The van der Waals surface area contributed by atoms with E-state index >= 15 is 0 Å². The minimum Gasteiger partial charge on any atom is -0.550 e. The van der Waals surface area contributed by atoms with Crippen molar-refractivity contribution >= 4 is 18.0 Å². The molecule has 0 aromatic carbocycles. The van der Waals surface area contributed by atoms with Gasteiger partial charge in [0.15, 0.2) is 0 Å². The molecular weight excluding hydrogens is 288 g/mol. The Bertz CT molecular complexity index is 469. The molecule has 2 atom stereocenters. The van der Waals surface area contributed by atoms with Gasteiger partial charge in [-0.15, -0.1) is 0 Å². The van der Waals surface area contributed by atoms with Crippen LogP contribution in [0, 0.1) is 11.8 Å². The van der Waals surface area contributed by atoms with E-state index in [0.717, 1.165) is 0 Å². The molecule has 1 fully saturated rings. The molecule has 1 saturated heterocycles. The number of piperazine rings is 1. The summed E-state index contributed by atoms with van der Waals surface area (Å²) in [5.41, 5.74) is 0. The molecule has 0 radical (unpaired) electrons. The van der Waals surface area contributed by atoms with Crippen LogP contribution in [0.3, 0.4) is 0 Å². The molecule has 0 unspecified atom stereocenters. The summed E-state index contributed by atoms with van der Waals surface area (Å²) >= 11 is 0. The van der Waals surface area contributed by atoms with Crippen LogP contribution in [0.15, 0.2) is 12.2 Å². The Morgan fingerprint density at radius 2 is 1.59 bits per heavy atom. The average Bonchev–Trinajstić information content (AvgIpc) is 2.54. The second-order valence-corrected chi connectivity index (χ2v) is 5.49. The van der Waals surface area contributed by atoms with Crippen LogP contribution in [0.2, 0.25) is 0 Å². The molecule has 2 rings (SSSR count). The number of ether oxygens (including phenoxy) is 1. The first-order valence-electron chi connectivity index (χ1n) is 7.61. The smallest absolute Gasteiger partial charge is 0.409 e. The molecule has 122 valence electrons. The lowest BCUT2D eigenvalue weighted by Crippen LogP contribution is -2.53. The molecule has 0 N–H and O–H groups in total. The largest absolute Gasteiger partial charge is 0.550 e. The molecule has 0 bridgehead atoms. The summed E-state index contributed by atoms with van der Waals surface area (Å²) in [7, 11) is 0. The third-order valence-electron chi connectivity index (χ3n) is 4.17. The highest BCUT2D eigenvalue weighted by molar-refractivity contribution is 5.85. The number of hydrogen-bond acceptors (Lipinski definition) is 5. The van der Waals surface area contributed by atoms with E-state index in [-0.39, 0.29) is 12.0 Å². The number of carbonyl (C=O) groups is 3. The van der Waals surface area contributed by atoms with Crippen molar-refractivity contribution in [1.82, 2.24) is 9.80 Å². The monoisotopic (exact) mass is 309 g/mol. The van der Waals surface area contributed by atoms with Crippen LogP contribution >= 0.6 is 0 Å². The van der Waals surface area contributed by atoms with Crippen LogP contribution in [0.4, 0.5) is 4.79 Å². The number of carbonyl (C=O) groups excluding carboxylic acids is 3. The maximum absolute atomic E-state index is 12.5. The van der Waals surface area contributed by atoms with E-state index in [1.165, 1.54) is 0 Å². The predicted octanol–water partition coefficient (Wildman–Crippen LogP) is -0.381. The molecule has 2 aliphatic rings. The lowest BCUT2D eigenvalue weighted by molar-refractivity contribution is -0.313. The maximum atomic E-state index is 12.5. The quantitative estimate of drug-likeness (QED) is 0.663. The highest BCUT2D eigenvalue weighted by Crippen LogP contribution is 2.27. The first-order chi connectivity index (χ1) is 10.5. The van der Waals surface area contributed by atoms with Crippen LogP contribution < -0.4 is 5.11 Å². The van der Waals surface area contributed by atoms with E-state index in [2.05, 4.69) is 0 Å². The Hall–Kier alpha value is -2.05. The van der Waals surface area contributed by atoms with Crippen molar-refractivity contribution in [3.8, 4) is 0 Å². The number of carboxylic acid groups (broad SMARTS) is 1. The van der Waals surface area contributed by atoms with Gasteiger partial charge >= 0.3 is 6.09 Å². The highest BCUT2D eigenvalue weighted by atomic mass is 16.6.